The average Bonchev–Trinajstić information content (AvgIpc) is 2.29. The quantitative estimate of drug-likeness (QED) is 0.818. The smallest absolute Gasteiger partial charge is 0.254 e. The first-order valence-electron chi connectivity index (χ1n) is 5.52. The summed E-state index contributed by atoms with van der Waals surface area (Å²) in [5, 5.41) is 12.5. The number of aromatic nitrogens is 1. The van der Waals surface area contributed by atoms with E-state index >= 15 is 0 Å². The minimum absolute atomic E-state index is 0.0112. The van der Waals surface area contributed by atoms with Crippen LogP contribution in [0.1, 0.15) is 30.6 Å². The molecule has 17 heavy (non-hydrogen) atoms. The molecular formula is C12H15BrN2O2. The summed E-state index contributed by atoms with van der Waals surface area (Å²) in [6.45, 7) is 3.90. The number of carbonyl (C=O) groups is 1. The van der Waals surface area contributed by atoms with Crippen molar-refractivity contribution in [2.45, 2.75) is 32.4 Å². The second-order valence-corrected chi connectivity index (χ2v) is 5.69. The molecule has 2 atom stereocenters. The molecule has 1 aliphatic carbocycles. The van der Waals surface area contributed by atoms with Gasteiger partial charge < -0.3 is 10.4 Å². The summed E-state index contributed by atoms with van der Waals surface area (Å²) in [5.41, 5.74) is 0.259. The van der Waals surface area contributed by atoms with Crippen molar-refractivity contribution in [3.63, 3.8) is 0 Å². The molecule has 1 saturated carbocycles. The highest BCUT2D eigenvalue weighted by atomic mass is 79.9. The lowest BCUT2D eigenvalue weighted by Crippen LogP contribution is -2.61. The van der Waals surface area contributed by atoms with Gasteiger partial charge in [0.05, 0.1) is 11.7 Å². The van der Waals surface area contributed by atoms with E-state index < -0.39 is 0 Å². The van der Waals surface area contributed by atoms with Gasteiger partial charge >= 0.3 is 0 Å². The summed E-state index contributed by atoms with van der Waals surface area (Å²) in [7, 11) is 0. The van der Waals surface area contributed by atoms with Gasteiger partial charge in [-0.1, -0.05) is 13.8 Å². The van der Waals surface area contributed by atoms with Gasteiger partial charge in [0.1, 0.15) is 4.60 Å². The monoisotopic (exact) mass is 298 g/mol. The zero-order valence-electron chi connectivity index (χ0n) is 9.77. The highest BCUT2D eigenvalue weighted by molar-refractivity contribution is 9.10. The van der Waals surface area contributed by atoms with E-state index in [0.717, 1.165) is 0 Å². The zero-order chi connectivity index (χ0) is 12.6. The molecule has 1 aromatic rings. The first-order valence-corrected chi connectivity index (χ1v) is 6.31. The normalized spacial score (nSPS) is 26.1. The molecule has 0 radical (unpaired) electrons. The molecule has 4 nitrogen and oxygen atoms in total. The van der Waals surface area contributed by atoms with Crippen molar-refractivity contribution in [2.75, 3.05) is 0 Å². The largest absolute Gasteiger partial charge is 0.392 e. The second-order valence-electron chi connectivity index (χ2n) is 4.94. The lowest BCUT2D eigenvalue weighted by molar-refractivity contribution is -0.0689. The van der Waals surface area contributed by atoms with Crippen molar-refractivity contribution in [3.8, 4) is 0 Å². The fourth-order valence-corrected chi connectivity index (χ4v) is 2.37. The van der Waals surface area contributed by atoms with Crippen LogP contribution >= 0.6 is 15.9 Å². The highest BCUT2D eigenvalue weighted by Gasteiger charge is 2.48. The molecular weight excluding hydrogens is 284 g/mol. The number of rotatable bonds is 2. The van der Waals surface area contributed by atoms with Crippen LogP contribution in [0.4, 0.5) is 0 Å². The molecule has 1 amide bonds. The molecule has 1 aliphatic rings. The third-order valence-corrected chi connectivity index (χ3v) is 4.16. The molecule has 2 N–H and O–H groups in total. The summed E-state index contributed by atoms with van der Waals surface area (Å²) in [6.07, 6.45) is 1.89. The standard InChI is InChI=1S/C12H15BrN2O2/c1-12(2)8(6-9(12)16)15-11(17)7-4-3-5-14-10(7)13/h3-5,8-9,16H,6H2,1-2H3,(H,15,17). The summed E-state index contributed by atoms with van der Waals surface area (Å²) in [4.78, 5) is 16.0. The fourth-order valence-electron chi connectivity index (χ4n) is 1.94. The molecule has 5 heteroatoms. The molecule has 1 heterocycles. The minimum atomic E-state index is -0.342. The topological polar surface area (TPSA) is 62.2 Å². The third kappa shape index (κ3) is 2.21. The molecule has 1 aromatic heterocycles. The Morgan fingerprint density at radius 1 is 1.65 bits per heavy atom. The van der Waals surface area contributed by atoms with E-state index in [1.807, 2.05) is 13.8 Å². The minimum Gasteiger partial charge on any atom is -0.392 e. The van der Waals surface area contributed by atoms with Crippen molar-refractivity contribution < 1.29 is 9.90 Å². The number of carbonyl (C=O) groups excluding carboxylic acids is 1. The van der Waals surface area contributed by atoms with E-state index in [2.05, 4.69) is 26.2 Å². The van der Waals surface area contributed by atoms with Crippen LogP contribution in [0.5, 0.6) is 0 Å². The number of amides is 1. The van der Waals surface area contributed by atoms with E-state index in [1.165, 1.54) is 0 Å². The number of pyridine rings is 1. The SMILES string of the molecule is CC1(C)C(O)CC1NC(=O)c1cccnc1Br. The molecule has 1 fully saturated rings. The van der Waals surface area contributed by atoms with Gasteiger partial charge in [-0.2, -0.15) is 0 Å². The van der Waals surface area contributed by atoms with Gasteiger partial charge in [0.15, 0.2) is 0 Å². The van der Waals surface area contributed by atoms with Crippen molar-refractivity contribution in [1.29, 1.82) is 0 Å². The molecule has 92 valence electrons. The third-order valence-electron chi connectivity index (χ3n) is 3.52. The second kappa shape index (κ2) is 4.38. The fraction of sp³-hybridized carbons (Fsp3) is 0.500. The van der Waals surface area contributed by atoms with E-state index in [4.69, 9.17) is 0 Å². The van der Waals surface area contributed by atoms with Crippen LogP contribution in [0.25, 0.3) is 0 Å². The lowest BCUT2D eigenvalue weighted by atomic mass is 9.64. The first kappa shape index (κ1) is 12.5. The summed E-state index contributed by atoms with van der Waals surface area (Å²) in [5.74, 6) is -0.157. The summed E-state index contributed by atoms with van der Waals surface area (Å²) < 4.78 is 0.537. The van der Waals surface area contributed by atoms with Crippen LogP contribution in [0.3, 0.4) is 0 Å². The number of hydrogen-bond acceptors (Lipinski definition) is 3. The van der Waals surface area contributed by atoms with Crippen LogP contribution in [0, 0.1) is 5.41 Å². The van der Waals surface area contributed by atoms with Gasteiger partial charge in [0.25, 0.3) is 5.91 Å². The predicted octanol–water partition coefficient (Wildman–Crippen LogP) is 1.73. The van der Waals surface area contributed by atoms with Gasteiger partial charge in [0, 0.05) is 17.7 Å². The lowest BCUT2D eigenvalue weighted by Gasteiger charge is -2.49. The molecule has 0 saturated heterocycles. The van der Waals surface area contributed by atoms with Crippen LogP contribution in [-0.2, 0) is 0 Å². The molecule has 2 rings (SSSR count). The van der Waals surface area contributed by atoms with Gasteiger partial charge in [0.2, 0.25) is 0 Å². The maximum atomic E-state index is 12.0. The van der Waals surface area contributed by atoms with Crippen LogP contribution < -0.4 is 5.32 Å². The summed E-state index contributed by atoms with van der Waals surface area (Å²) >= 11 is 3.25. The number of nitrogens with zero attached hydrogens (tertiary/aromatic N) is 1. The zero-order valence-corrected chi connectivity index (χ0v) is 11.4. The Hall–Kier alpha value is -0.940. The Morgan fingerprint density at radius 3 is 2.88 bits per heavy atom. The van der Waals surface area contributed by atoms with E-state index in [-0.39, 0.29) is 23.5 Å². The average molecular weight is 299 g/mol. The Kier molecular flexibility index (Phi) is 3.23. The van der Waals surface area contributed by atoms with Gasteiger partial charge in [-0.15, -0.1) is 0 Å². The predicted molar refractivity (Wildman–Crippen MR) is 67.6 cm³/mol. The molecule has 0 spiro atoms. The number of nitrogens with one attached hydrogen (secondary N) is 1. The summed E-state index contributed by atoms with van der Waals surface area (Å²) in [6, 6.07) is 3.45. The van der Waals surface area contributed by atoms with E-state index in [9.17, 15) is 9.90 Å². The van der Waals surface area contributed by atoms with Gasteiger partial charge in [-0.05, 0) is 34.5 Å². The van der Waals surface area contributed by atoms with Crippen LogP contribution in [-0.4, -0.2) is 28.1 Å². The Labute approximate surface area is 109 Å². The van der Waals surface area contributed by atoms with Crippen molar-refractivity contribution in [2.24, 2.45) is 5.41 Å². The molecule has 2 unspecified atom stereocenters. The van der Waals surface area contributed by atoms with Crippen molar-refractivity contribution >= 4 is 21.8 Å². The Bertz CT molecular complexity index is 448. The van der Waals surface area contributed by atoms with Crippen LogP contribution in [0.15, 0.2) is 22.9 Å². The Balaban J connectivity index is 2.07. The molecule has 0 bridgehead atoms. The number of hydrogen-bond donors (Lipinski definition) is 2. The van der Waals surface area contributed by atoms with E-state index in [1.54, 1.807) is 18.3 Å². The van der Waals surface area contributed by atoms with Gasteiger partial charge in [-0.3, -0.25) is 4.79 Å². The molecule has 0 aliphatic heterocycles. The first-order chi connectivity index (χ1) is 7.93. The number of aliphatic hydroxyl groups excluding tert-OH is 1. The van der Waals surface area contributed by atoms with E-state index in [0.29, 0.717) is 16.6 Å². The maximum Gasteiger partial charge on any atom is 0.254 e. The van der Waals surface area contributed by atoms with Crippen LogP contribution in [0.2, 0.25) is 0 Å². The maximum absolute atomic E-state index is 12.0. The van der Waals surface area contributed by atoms with Gasteiger partial charge in [-0.25, -0.2) is 4.98 Å². The number of halogens is 1. The molecule has 0 aromatic carbocycles. The number of aliphatic hydroxyl groups is 1. The Morgan fingerprint density at radius 2 is 2.35 bits per heavy atom. The highest BCUT2D eigenvalue weighted by Crippen LogP contribution is 2.40. The van der Waals surface area contributed by atoms with Crippen molar-refractivity contribution in [1.82, 2.24) is 10.3 Å². The van der Waals surface area contributed by atoms with Crippen molar-refractivity contribution in [3.05, 3.63) is 28.5 Å².